The number of pyridine rings is 1. The molecule has 0 spiro atoms. The van der Waals surface area contributed by atoms with Gasteiger partial charge in [-0.25, -0.2) is 4.39 Å². The highest BCUT2D eigenvalue weighted by molar-refractivity contribution is 5.72. The van der Waals surface area contributed by atoms with Crippen molar-refractivity contribution < 1.29 is 13.9 Å². The number of hydrogen-bond donors (Lipinski definition) is 0. The molecule has 5 atom stereocenters. The molecule has 29 heavy (non-hydrogen) atoms. The molecule has 2 aromatic rings. The van der Waals surface area contributed by atoms with Crippen LogP contribution in [-0.2, 0) is 9.53 Å². The predicted molar refractivity (Wildman–Crippen MR) is 110 cm³/mol. The molecule has 4 heteroatoms. The van der Waals surface area contributed by atoms with E-state index in [0.717, 1.165) is 23.2 Å². The minimum atomic E-state index is -0.242. The minimum absolute atomic E-state index is 0.0328. The first-order valence-electron chi connectivity index (χ1n) is 10.8. The van der Waals surface area contributed by atoms with E-state index in [1.165, 1.54) is 37.8 Å². The zero-order valence-corrected chi connectivity index (χ0v) is 16.5. The number of aromatic nitrogens is 1. The van der Waals surface area contributed by atoms with Crippen LogP contribution >= 0.6 is 0 Å². The first-order chi connectivity index (χ1) is 14.2. The summed E-state index contributed by atoms with van der Waals surface area (Å²) in [6.07, 6.45) is 13.0. The van der Waals surface area contributed by atoms with Gasteiger partial charge in [0.25, 0.3) is 0 Å². The van der Waals surface area contributed by atoms with Crippen molar-refractivity contribution in [2.45, 2.75) is 44.6 Å². The Hall–Kier alpha value is -2.49. The molecule has 1 saturated heterocycles. The fourth-order valence-electron chi connectivity index (χ4n) is 5.72. The van der Waals surface area contributed by atoms with Gasteiger partial charge in [-0.05, 0) is 60.4 Å². The van der Waals surface area contributed by atoms with E-state index in [2.05, 4.69) is 17.1 Å². The predicted octanol–water partition coefficient (Wildman–Crippen LogP) is 5.66. The molecule has 1 aliphatic heterocycles. The van der Waals surface area contributed by atoms with Crippen LogP contribution in [0.1, 0.15) is 44.2 Å². The lowest BCUT2D eigenvalue weighted by Crippen LogP contribution is -2.41. The number of hydrogen-bond acceptors (Lipinski definition) is 3. The highest BCUT2D eigenvalue weighted by atomic mass is 19.1. The number of halogens is 1. The Labute approximate surface area is 171 Å². The van der Waals surface area contributed by atoms with Crippen LogP contribution in [0.5, 0.6) is 0 Å². The van der Waals surface area contributed by atoms with Crippen LogP contribution in [0.15, 0.2) is 48.7 Å². The number of allylic oxidation sites excluding steroid dienone is 1. The fourth-order valence-corrected chi connectivity index (χ4v) is 5.72. The van der Waals surface area contributed by atoms with Gasteiger partial charge in [0.15, 0.2) is 0 Å². The Bertz CT molecular complexity index is 923. The van der Waals surface area contributed by atoms with Crippen molar-refractivity contribution >= 4 is 12.0 Å². The summed E-state index contributed by atoms with van der Waals surface area (Å²) in [7, 11) is 0. The number of carbonyl (C=O) groups is 1. The average Bonchev–Trinajstić information content (AvgIpc) is 3.11. The van der Waals surface area contributed by atoms with Gasteiger partial charge in [-0.1, -0.05) is 43.5 Å². The molecular formula is C25H26FNO2. The second-order valence-electron chi connectivity index (χ2n) is 8.76. The van der Waals surface area contributed by atoms with Crippen LogP contribution in [-0.4, -0.2) is 17.1 Å². The van der Waals surface area contributed by atoms with Crippen LogP contribution in [0.3, 0.4) is 0 Å². The molecule has 0 bridgehead atoms. The number of nitrogens with zero attached hydrogens (tertiary/aromatic N) is 1. The maximum absolute atomic E-state index is 13.5. The van der Waals surface area contributed by atoms with E-state index in [4.69, 9.17) is 4.74 Å². The summed E-state index contributed by atoms with van der Waals surface area (Å²) in [5.41, 5.74) is 2.63. The topological polar surface area (TPSA) is 39.2 Å². The molecule has 2 heterocycles. The summed E-state index contributed by atoms with van der Waals surface area (Å²) in [6.45, 7) is 0. The number of ether oxygens (including phenoxy) is 1. The fraction of sp³-hybridized carbons (Fsp3) is 0.440. The summed E-state index contributed by atoms with van der Waals surface area (Å²) in [4.78, 5) is 16.5. The quantitative estimate of drug-likeness (QED) is 0.634. The molecule has 0 N–H and O–H groups in total. The Balaban J connectivity index is 1.37. The summed E-state index contributed by atoms with van der Waals surface area (Å²) in [6, 6.07) is 10.5. The zero-order chi connectivity index (χ0) is 19.8. The molecular weight excluding hydrogens is 365 g/mol. The third kappa shape index (κ3) is 3.73. The van der Waals surface area contributed by atoms with Gasteiger partial charge < -0.3 is 4.74 Å². The Morgan fingerprint density at radius 1 is 1.07 bits per heavy atom. The summed E-state index contributed by atoms with van der Waals surface area (Å²) >= 11 is 0. The zero-order valence-electron chi connectivity index (χ0n) is 16.5. The molecule has 3 fully saturated rings. The summed E-state index contributed by atoms with van der Waals surface area (Å²) < 4.78 is 19.1. The van der Waals surface area contributed by atoms with E-state index in [1.807, 2.05) is 18.2 Å². The van der Waals surface area contributed by atoms with Gasteiger partial charge in [0.2, 0.25) is 0 Å². The molecule has 3 aliphatic rings. The van der Waals surface area contributed by atoms with E-state index < -0.39 is 0 Å². The van der Waals surface area contributed by atoms with Gasteiger partial charge in [0.1, 0.15) is 11.9 Å². The number of fused-ring (bicyclic) bond motifs is 2. The van der Waals surface area contributed by atoms with Crippen molar-refractivity contribution in [3.05, 3.63) is 60.2 Å². The maximum Gasteiger partial charge on any atom is 0.306 e. The molecule has 2 saturated carbocycles. The average molecular weight is 391 g/mol. The van der Waals surface area contributed by atoms with Crippen molar-refractivity contribution in [3.63, 3.8) is 0 Å². The van der Waals surface area contributed by atoms with Gasteiger partial charge in [-0.2, -0.15) is 0 Å². The van der Waals surface area contributed by atoms with Crippen LogP contribution in [0.25, 0.3) is 17.2 Å². The van der Waals surface area contributed by atoms with Gasteiger partial charge in [0, 0.05) is 17.7 Å². The second kappa shape index (κ2) is 7.74. The third-order valence-electron chi connectivity index (χ3n) is 7.09. The van der Waals surface area contributed by atoms with Gasteiger partial charge in [0.05, 0.1) is 12.1 Å². The van der Waals surface area contributed by atoms with Gasteiger partial charge in [-0.3, -0.25) is 9.78 Å². The van der Waals surface area contributed by atoms with E-state index in [1.54, 1.807) is 12.3 Å². The number of esters is 1. The third-order valence-corrected chi connectivity index (χ3v) is 7.09. The molecule has 0 amide bonds. The lowest BCUT2D eigenvalue weighted by atomic mass is 9.60. The minimum Gasteiger partial charge on any atom is -0.462 e. The molecule has 3 nitrogen and oxygen atoms in total. The maximum atomic E-state index is 13.5. The Morgan fingerprint density at radius 2 is 1.97 bits per heavy atom. The first-order valence-corrected chi connectivity index (χ1v) is 10.8. The van der Waals surface area contributed by atoms with Crippen molar-refractivity contribution in [3.8, 4) is 11.1 Å². The van der Waals surface area contributed by atoms with Crippen molar-refractivity contribution in [1.29, 1.82) is 0 Å². The summed E-state index contributed by atoms with van der Waals surface area (Å²) in [5, 5.41) is 0. The Kier molecular flexibility index (Phi) is 4.94. The van der Waals surface area contributed by atoms with E-state index in [0.29, 0.717) is 30.1 Å². The summed E-state index contributed by atoms with van der Waals surface area (Å²) in [5.74, 6) is 1.75. The van der Waals surface area contributed by atoms with Crippen LogP contribution in [0, 0.1) is 29.5 Å². The molecule has 0 unspecified atom stereocenters. The highest BCUT2D eigenvalue weighted by Crippen LogP contribution is 2.51. The van der Waals surface area contributed by atoms with Gasteiger partial charge in [-0.15, -0.1) is 0 Å². The SMILES string of the molecule is O=C1C[C@@H]2[C@@H](/C=C/c3ccc(-c4cccc(F)c4)cn3)[C@@H]3CCCC[C@H]3C[C@@H]2O1. The second-order valence-corrected chi connectivity index (χ2v) is 8.76. The molecule has 150 valence electrons. The first kappa shape index (κ1) is 18.5. The molecule has 0 radical (unpaired) electrons. The van der Waals surface area contributed by atoms with E-state index >= 15 is 0 Å². The van der Waals surface area contributed by atoms with Crippen molar-refractivity contribution in [2.75, 3.05) is 0 Å². The number of carbonyl (C=O) groups excluding carboxylic acids is 1. The lowest BCUT2D eigenvalue weighted by Gasteiger charge is -2.45. The molecule has 2 aliphatic carbocycles. The van der Waals surface area contributed by atoms with Crippen LogP contribution in [0.4, 0.5) is 4.39 Å². The standard InChI is InChI=1S/C25H26FNO2/c26-19-6-3-5-16(12-19)18-8-9-20(27-15-18)10-11-22-21-7-2-1-4-17(21)13-24-23(22)14-25(28)29-24/h3,5-6,8-12,15,17,21-24H,1-2,4,7,13-14H2/b11-10+/t17-,21+,22-,23+,24-/m0/s1. The van der Waals surface area contributed by atoms with Crippen molar-refractivity contribution in [1.82, 2.24) is 4.98 Å². The Morgan fingerprint density at radius 3 is 2.79 bits per heavy atom. The van der Waals surface area contributed by atoms with E-state index in [-0.39, 0.29) is 17.9 Å². The molecule has 1 aromatic carbocycles. The van der Waals surface area contributed by atoms with Gasteiger partial charge >= 0.3 is 5.97 Å². The van der Waals surface area contributed by atoms with Crippen molar-refractivity contribution in [2.24, 2.45) is 23.7 Å². The number of rotatable bonds is 3. The largest absolute Gasteiger partial charge is 0.462 e. The molecule has 1 aromatic heterocycles. The van der Waals surface area contributed by atoms with Crippen LogP contribution in [0.2, 0.25) is 0 Å². The normalized spacial score (nSPS) is 31.3. The number of benzene rings is 1. The lowest BCUT2D eigenvalue weighted by molar-refractivity contribution is -0.143. The van der Waals surface area contributed by atoms with E-state index in [9.17, 15) is 9.18 Å². The smallest absolute Gasteiger partial charge is 0.306 e. The highest BCUT2D eigenvalue weighted by Gasteiger charge is 2.49. The van der Waals surface area contributed by atoms with Crippen LogP contribution < -0.4 is 0 Å². The molecule has 5 rings (SSSR count). The monoisotopic (exact) mass is 391 g/mol.